The van der Waals surface area contributed by atoms with Crippen LogP contribution in [0.15, 0.2) is 70.3 Å². The first kappa shape index (κ1) is 22.9. The molecule has 6 nitrogen and oxygen atoms in total. The van der Waals surface area contributed by atoms with Gasteiger partial charge in [0.2, 0.25) is 0 Å². The minimum atomic E-state index is 0. The quantitative estimate of drug-likeness (QED) is 0.215. The second kappa shape index (κ2) is 10.5. The van der Waals surface area contributed by atoms with Crippen molar-refractivity contribution in [3.63, 3.8) is 0 Å². The molecule has 0 saturated carbocycles. The van der Waals surface area contributed by atoms with Gasteiger partial charge in [0.15, 0.2) is 5.96 Å². The van der Waals surface area contributed by atoms with Crippen LogP contribution in [0.1, 0.15) is 28.3 Å². The van der Waals surface area contributed by atoms with E-state index in [0.717, 1.165) is 40.6 Å². The van der Waals surface area contributed by atoms with Crippen LogP contribution in [0.25, 0.3) is 11.0 Å². The molecule has 0 unspecified atom stereocenters. The first-order valence-corrected chi connectivity index (χ1v) is 10.1. The number of hydrogen-bond acceptors (Lipinski definition) is 3. The van der Waals surface area contributed by atoms with E-state index in [0.29, 0.717) is 13.1 Å². The predicted molar refractivity (Wildman–Crippen MR) is 136 cm³/mol. The second-order valence-corrected chi connectivity index (χ2v) is 7.35. The lowest BCUT2D eigenvalue weighted by Crippen LogP contribution is -2.36. The summed E-state index contributed by atoms with van der Waals surface area (Å²) in [6.45, 7) is 6.20. The maximum atomic E-state index is 5.98. The van der Waals surface area contributed by atoms with Crippen molar-refractivity contribution in [1.29, 1.82) is 0 Å². The van der Waals surface area contributed by atoms with E-state index in [4.69, 9.17) is 4.42 Å². The van der Waals surface area contributed by atoms with Crippen molar-refractivity contribution in [3.8, 4) is 0 Å². The van der Waals surface area contributed by atoms with Gasteiger partial charge in [0.25, 0.3) is 0 Å². The minimum Gasteiger partial charge on any atom is -0.459 e. The first-order valence-electron chi connectivity index (χ1n) is 10.1. The molecule has 0 aliphatic rings. The Morgan fingerprint density at radius 3 is 2.55 bits per heavy atom. The minimum absolute atomic E-state index is 0. The highest BCUT2D eigenvalue weighted by molar-refractivity contribution is 14.0. The molecule has 4 aromatic rings. The molecule has 2 aromatic heterocycles. The fourth-order valence-corrected chi connectivity index (χ4v) is 3.57. The van der Waals surface area contributed by atoms with Gasteiger partial charge in [-0.3, -0.25) is 4.99 Å². The summed E-state index contributed by atoms with van der Waals surface area (Å²) in [4.78, 5) is 8.63. The van der Waals surface area contributed by atoms with Gasteiger partial charge in [-0.2, -0.15) is 0 Å². The normalized spacial score (nSPS) is 11.4. The van der Waals surface area contributed by atoms with Crippen LogP contribution in [0.2, 0.25) is 0 Å². The maximum Gasteiger partial charge on any atom is 0.191 e. The molecule has 2 heterocycles. The summed E-state index contributed by atoms with van der Waals surface area (Å²) in [6.07, 6.45) is 3.84. The van der Waals surface area contributed by atoms with Crippen molar-refractivity contribution in [2.24, 2.45) is 4.99 Å². The molecule has 2 aromatic carbocycles. The number of benzene rings is 2. The van der Waals surface area contributed by atoms with Gasteiger partial charge in [0.1, 0.15) is 17.2 Å². The predicted octanol–water partition coefficient (Wildman–Crippen LogP) is 4.78. The van der Waals surface area contributed by atoms with Crippen molar-refractivity contribution in [3.05, 3.63) is 89.2 Å². The van der Waals surface area contributed by atoms with Gasteiger partial charge in [0.05, 0.1) is 6.54 Å². The molecule has 0 bridgehead atoms. The van der Waals surface area contributed by atoms with Crippen LogP contribution in [-0.2, 0) is 19.6 Å². The molecule has 0 amide bonds. The van der Waals surface area contributed by atoms with Crippen LogP contribution in [0.5, 0.6) is 0 Å². The van der Waals surface area contributed by atoms with Crippen LogP contribution >= 0.6 is 24.0 Å². The van der Waals surface area contributed by atoms with Crippen LogP contribution in [0, 0.1) is 13.8 Å². The number of fused-ring (bicyclic) bond motifs is 1. The molecule has 0 spiro atoms. The molecule has 4 rings (SSSR count). The fraction of sp³-hybridized carbons (Fsp3) is 0.250. The fourth-order valence-electron chi connectivity index (χ4n) is 3.57. The van der Waals surface area contributed by atoms with E-state index in [1.165, 1.54) is 11.1 Å². The summed E-state index contributed by atoms with van der Waals surface area (Å²) in [5, 5.41) is 7.89. The first-order chi connectivity index (χ1) is 14.6. The maximum absolute atomic E-state index is 5.98. The lowest BCUT2D eigenvalue weighted by atomic mass is 10.1. The lowest BCUT2D eigenvalue weighted by Gasteiger charge is -2.12. The summed E-state index contributed by atoms with van der Waals surface area (Å²) in [5.74, 6) is 2.69. The van der Waals surface area contributed by atoms with Crippen LogP contribution < -0.4 is 10.6 Å². The number of aromatic nitrogens is 2. The van der Waals surface area contributed by atoms with Crippen LogP contribution in [0.4, 0.5) is 0 Å². The highest BCUT2D eigenvalue weighted by Crippen LogP contribution is 2.24. The van der Waals surface area contributed by atoms with Crippen molar-refractivity contribution in [2.45, 2.75) is 33.5 Å². The average Bonchev–Trinajstić information content (AvgIpc) is 3.31. The van der Waals surface area contributed by atoms with E-state index in [1.54, 1.807) is 7.05 Å². The van der Waals surface area contributed by atoms with E-state index in [2.05, 4.69) is 62.4 Å². The highest BCUT2D eigenvalue weighted by Gasteiger charge is 2.10. The largest absolute Gasteiger partial charge is 0.459 e. The molecule has 0 saturated heterocycles. The molecule has 0 aliphatic heterocycles. The van der Waals surface area contributed by atoms with Gasteiger partial charge >= 0.3 is 0 Å². The van der Waals surface area contributed by atoms with Crippen molar-refractivity contribution in [1.82, 2.24) is 20.2 Å². The molecule has 162 valence electrons. The number of nitrogens with zero attached hydrogens (tertiary/aromatic N) is 3. The number of guanidine groups is 1. The highest BCUT2D eigenvalue weighted by atomic mass is 127. The molecule has 7 heteroatoms. The molecule has 0 aliphatic carbocycles. The molecule has 31 heavy (non-hydrogen) atoms. The molecular weight excluding hydrogens is 501 g/mol. The zero-order chi connectivity index (χ0) is 20.9. The van der Waals surface area contributed by atoms with Gasteiger partial charge in [-0.25, -0.2) is 4.98 Å². The Morgan fingerprint density at radius 2 is 1.81 bits per heavy atom. The van der Waals surface area contributed by atoms with Gasteiger partial charge in [0, 0.05) is 43.5 Å². The number of rotatable bonds is 6. The Morgan fingerprint density at radius 1 is 1.03 bits per heavy atom. The molecular formula is C24H28IN5O. The Kier molecular flexibility index (Phi) is 7.73. The SMILES string of the molecule is CN=C(NCc1cccc(Cn2ccnc2C)c1)NCc1oc2ccccc2c1C.I. The zero-order valence-corrected chi connectivity index (χ0v) is 20.4. The van der Waals surface area contributed by atoms with Crippen molar-refractivity contribution >= 4 is 40.9 Å². The van der Waals surface area contributed by atoms with E-state index >= 15 is 0 Å². The Labute approximate surface area is 199 Å². The van der Waals surface area contributed by atoms with E-state index in [9.17, 15) is 0 Å². The number of furan rings is 1. The average molecular weight is 529 g/mol. The number of hydrogen-bond donors (Lipinski definition) is 2. The lowest BCUT2D eigenvalue weighted by molar-refractivity contribution is 0.534. The molecule has 0 fully saturated rings. The van der Waals surface area contributed by atoms with E-state index in [1.807, 2.05) is 37.5 Å². The summed E-state index contributed by atoms with van der Waals surface area (Å²) in [7, 11) is 1.78. The van der Waals surface area contributed by atoms with Crippen molar-refractivity contribution < 1.29 is 4.42 Å². The standard InChI is InChI=1S/C24H27N5O.HI/c1-17-21-9-4-5-10-22(21)30-23(17)15-28-24(25-3)27-14-19-7-6-8-20(13-19)16-29-12-11-26-18(29)2;/h4-13H,14-16H2,1-3H3,(H2,25,27,28);1H. The Bertz CT molecular complexity index is 1180. The van der Waals surface area contributed by atoms with Crippen LogP contribution in [0.3, 0.4) is 0 Å². The molecule has 0 radical (unpaired) electrons. The summed E-state index contributed by atoms with van der Waals surface area (Å²) in [5.41, 5.74) is 4.53. The Hall–Kier alpha value is -2.81. The third-order valence-corrected chi connectivity index (χ3v) is 5.31. The van der Waals surface area contributed by atoms with Gasteiger partial charge in [-0.1, -0.05) is 42.5 Å². The topological polar surface area (TPSA) is 67.4 Å². The Balaban J connectivity index is 0.00000272. The number of aliphatic imine (C=N–C) groups is 1. The number of halogens is 1. The van der Waals surface area contributed by atoms with Gasteiger partial charge in [-0.05, 0) is 31.0 Å². The third-order valence-electron chi connectivity index (χ3n) is 5.31. The molecule has 0 atom stereocenters. The summed E-state index contributed by atoms with van der Waals surface area (Å²) < 4.78 is 8.12. The number of imidazole rings is 1. The van der Waals surface area contributed by atoms with Crippen LogP contribution in [-0.4, -0.2) is 22.6 Å². The zero-order valence-electron chi connectivity index (χ0n) is 18.1. The van der Waals surface area contributed by atoms with Gasteiger partial charge in [-0.15, -0.1) is 24.0 Å². The molecule has 2 N–H and O–H groups in total. The number of para-hydroxylation sites is 1. The monoisotopic (exact) mass is 529 g/mol. The smallest absolute Gasteiger partial charge is 0.191 e. The van der Waals surface area contributed by atoms with E-state index in [-0.39, 0.29) is 24.0 Å². The second-order valence-electron chi connectivity index (χ2n) is 7.35. The third kappa shape index (κ3) is 5.46. The van der Waals surface area contributed by atoms with E-state index < -0.39 is 0 Å². The van der Waals surface area contributed by atoms with Gasteiger partial charge < -0.3 is 19.6 Å². The summed E-state index contributed by atoms with van der Waals surface area (Å²) >= 11 is 0. The summed E-state index contributed by atoms with van der Waals surface area (Å²) in [6, 6.07) is 16.7. The number of nitrogens with one attached hydrogen (secondary N) is 2. The number of aryl methyl sites for hydroxylation is 2. The van der Waals surface area contributed by atoms with Crippen molar-refractivity contribution in [2.75, 3.05) is 7.05 Å².